The predicted octanol–water partition coefficient (Wildman–Crippen LogP) is 4.04. The first kappa shape index (κ1) is 22.7. The van der Waals surface area contributed by atoms with Gasteiger partial charge in [-0.25, -0.2) is 8.78 Å². The Bertz CT molecular complexity index is 1070. The summed E-state index contributed by atoms with van der Waals surface area (Å²) < 4.78 is 27.9. The van der Waals surface area contributed by atoms with Crippen molar-refractivity contribution >= 4 is 35.0 Å². The van der Waals surface area contributed by atoms with Gasteiger partial charge >= 0.3 is 0 Å². The third-order valence-corrected chi connectivity index (χ3v) is 5.47. The van der Waals surface area contributed by atoms with Crippen LogP contribution in [0.3, 0.4) is 0 Å². The highest BCUT2D eigenvalue weighted by Crippen LogP contribution is 2.43. The van der Waals surface area contributed by atoms with E-state index >= 15 is 0 Å². The van der Waals surface area contributed by atoms with E-state index in [-0.39, 0.29) is 28.6 Å². The van der Waals surface area contributed by atoms with Crippen LogP contribution in [0.15, 0.2) is 36.4 Å². The molecule has 0 spiro atoms. The maximum atomic E-state index is 14.2. The Kier molecular flexibility index (Phi) is 6.04. The van der Waals surface area contributed by atoms with Gasteiger partial charge in [0, 0.05) is 17.6 Å². The van der Waals surface area contributed by atoms with Crippen LogP contribution in [0, 0.1) is 17.6 Å². The summed E-state index contributed by atoms with van der Waals surface area (Å²) in [6, 6.07) is 6.87. The lowest BCUT2D eigenvalue weighted by Crippen LogP contribution is -2.45. The zero-order valence-corrected chi connectivity index (χ0v) is 18.0. The number of nitrogens with zero attached hydrogens (tertiary/aromatic N) is 1. The van der Waals surface area contributed by atoms with Gasteiger partial charge in [-0.15, -0.1) is 0 Å². The van der Waals surface area contributed by atoms with Gasteiger partial charge in [-0.2, -0.15) is 0 Å². The van der Waals surface area contributed by atoms with E-state index in [9.17, 15) is 23.2 Å². The molecule has 3 amide bonds. The van der Waals surface area contributed by atoms with Crippen LogP contribution in [-0.4, -0.2) is 28.2 Å². The first-order valence-electron chi connectivity index (χ1n) is 9.57. The number of carbonyl (C=O) groups is 3. The summed E-state index contributed by atoms with van der Waals surface area (Å²) in [5.74, 6) is -4.08. The molecule has 2 aromatic rings. The van der Waals surface area contributed by atoms with Gasteiger partial charge in [0.05, 0.1) is 22.5 Å². The zero-order chi connectivity index (χ0) is 23.1. The molecule has 2 unspecified atom stereocenters. The maximum absolute atomic E-state index is 14.2. The highest BCUT2D eigenvalue weighted by Gasteiger charge is 2.48. The molecule has 1 fully saturated rings. The Morgan fingerprint density at radius 3 is 2.39 bits per heavy atom. The van der Waals surface area contributed by atoms with Crippen LogP contribution < -0.4 is 11.1 Å². The molecule has 164 valence electrons. The third-order valence-electron chi connectivity index (χ3n) is 5.17. The number of primary amides is 1. The molecule has 2 aromatic carbocycles. The molecule has 1 heterocycles. The SMILES string of the molecule is CC(C)(C)N1C(=O)CC(C(=O)Nc2ccc(F)c(C(N)=O)c2)C1c1ccc(Cl)c(F)c1. The monoisotopic (exact) mass is 449 g/mol. The molecule has 6 nitrogen and oxygen atoms in total. The van der Waals surface area contributed by atoms with E-state index in [4.69, 9.17) is 17.3 Å². The molecule has 31 heavy (non-hydrogen) atoms. The minimum atomic E-state index is -0.974. The minimum absolute atomic E-state index is 0.0679. The lowest BCUT2D eigenvalue weighted by atomic mass is 9.90. The fraction of sp³-hybridized carbons (Fsp3) is 0.318. The van der Waals surface area contributed by atoms with Crippen molar-refractivity contribution in [2.75, 3.05) is 5.32 Å². The standard InChI is InChI=1S/C22H22ClF2N3O3/c1-22(2,3)28-18(29)10-14(19(28)11-4-6-15(23)17(25)8-11)21(31)27-12-5-7-16(24)13(9-12)20(26)30/h4-9,14,19H,10H2,1-3H3,(H2,26,30)(H,27,31). The second-order valence-corrected chi connectivity index (χ2v) is 8.82. The van der Waals surface area contributed by atoms with Gasteiger partial charge in [0.1, 0.15) is 11.6 Å². The van der Waals surface area contributed by atoms with Crippen LogP contribution in [-0.2, 0) is 9.59 Å². The van der Waals surface area contributed by atoms with E-state index < -0.39 is 40.9 Å². The van der Waals surface area contributed by atoms with Crippen molar-refractivity contribution in [3.8, 4) is 0 Å². The number of hydrogen-bond donors (Lipinski definition) is 2. The van der Waals surface area contributed by atoms with Gasteiger partial charge < -0.3 is 16.0 Å². The van der Waals surface area contributed by atoms with Crippen molar-refractivity contribution in [3.05, 3.63) is 64.2 Å². The first-order chi connectivity index (χ1) is 14.4. The minimum Gasteiger partial charge on any atom is -0.366 e. The molecule has 3 N–H and O–H groups in total. The Balaban J connectivity index is 1.98. The number of carbonyl (C=O) groups excluding carboxylic acids is 3. The molecule has 1 aliphatic heterocycles. The number of likely N-dealkylation sites (tertiary alicyclic amines) is 1. The number of hydrogen-bond acceptors (Lipinski definition) is 3. The van der Waals surface area contributed by atoms with Crippen LogP contribution in [0.5, 0.6) is 0 Å². The molecular formula is C22H22ClF2N3O3. The highest BCUT2D eigenvalue weighted by atomic mass is 35.5. The van der Waals surface area contributed by atoms with E-state index in [2.05, 4.69) is 5.32 Å². The quantitative estimate of drug-likeness (QED) is 0.737. The summed E-state index contributed by atoms with van der Waals surface area (Å²) in [5.41, 5.74) is 4.74. The molecule has 1 aliphatic rings. The van der Waals surface area contributed by atoms with Gasteiger partial charge in [0.2, 0.25) is 11.8 Å². The number of rotatable bonds is 4. The van der Waals surface area contributed by atoms with Crippen LogP contribution in [0.2, 0.25) is 5.02 Å². The van der Waals surface area contributed by atoms with Crippen molar-refractivity contribution in [1.82, 2.24) is 4.90 Å². The summed E-state index contributed by atoms with van der Waals surface area (Å²) in [4.78, 5) is 38.9. The van der Waals surface area contributed by atoms with Crippen molar-refractivity contribution < 1.29 is 23.2 Å². The van der Waals surface area contributed by atoms with Crippen molar-refractivity contribution in [2.45, 2.75) is 38.8 Å². The molecule has 3 rings (SSSR count). The Hall–Kier alpha value is -3.00. The molecule has 9 heteroatoms. The normalized spacial score (nSPS) is 18.9. The van der Waals surface area contributed by atoms with Crippen molar-refractivity contribution in [2.24, 2.45) is 11.7 Å². The van der Waals surface area contributed by atoms with Crippen molar-refractivity contribution in [3.63, 3.8) is 0 Å². The average molecular weight is 450 g/mol. The van der Waals surface area contributed by atoms with Gasteiger partial charge in [0.25, 0.3) is 5.91 Å². The summed E-state index contributed by atoms with van der Waals surface area (Å²) in [6.07, 6.45) is -0.0954. The van der Waals surface area contributed by atoms with Crippen LogP contribution in [0.4, 0.5) is 14.5 Å². The Labute approximate surface area is 183 Å². The third kappa shape index (κ3) is 4.54. The fourth-order valence-electron chi connectivity index (χ4n) is 3.87. The van der Waals surface area contributed by atoms with Crippen LogP contribution in [0.25, 0.3) is 0 Å². The Morgan fingerprint density at radius 2 is 1.81 bits per heavy atom. The number of amides is 3. The molecule has 0 saturated carbocycles. The van der Waals surface area contributed by atoms with Gasteiger partial charge in [-0.1, -0.05) is 17.7 Å². The summed E-state index contributed by atoms with van der Waals surface area (Å²) in [5, 5.41) is 2.54. The zero-order valence-electron chi connectivity index (χ0n) is 17.2. The van der Waals surface area contributed by atoms with E-state index in [0.29, 0.717) is 5.56 Å². The molecule has 0 aromatic heterocycles. The second-order valence-electron chi connectivity index (χ2n) is 8.41. The molecule has 0 radical (unpaired) electrons. The summed E-state index contributed by atoms with van der Waals surface area (Å²) in [7, 11) is 0. The maximum Gasteiger partial charge on any atom is 0.251 e. The van der Waals surface area contributed by atoms with E-state index in [1.165, 1.54) is 18.2 Å². The fourth-order valence-corrected chi connectivity index (χ4v) is 3.98. The number of halogens is 3. The Morgan fingerprint density at radius 1 is 1.13 bits per heavy atom. The molecular weight excluding hydrogens is 428 g/mol. The average Bonchev–Trinajstić information content (AvgIpc) is 3.03. The molecule has 0 aliphatic carbocycles. The number of anilines is 1. The highest BCUT2D eigenvalue weighted by molar-refractivity contribution is 6.30. The van der Waals surface area contributed by atoms with Crippen LogP contribution in [0.1, 0.15) is 49.2 Å². The molecule has 0 bridgehead atoms. The summed E-state index contributed by atoms with van der Waals surface area (Å²) >= 11 is 5.80. The van der Waals surface area contributed by atoms with E-state index in [1.54, 1.807) is 11.0 Å². The first-order valence-corrected chi connectivity index (χ1v) is 9.95. The summed E-state index contributed by atoms with van der Waals surface area (Å²) in [6.45, 7) is 5.47. The van der Waals surface area contributed by atoms with Gasteiger partial charge in [0.15, 0.2) is 0 Å². The van der Waals surface area contributed by atoms with Crippen LogP contribution >= 0.6 is 11.6 Å². The molecule has 2 atom stereocenters. The van der Waals surface area contributed by atoms with Gasteiger partial charge in [-0.3, -0.25) is 14.4 Å². The van der Waals surface area contributed by atoms with Gasteiger partial charge in [-0.05, 0) is 56.7 Å². The largest absolute Gasteiger partial charge is 0.366 e. The van der Waals surface area contributed by atoms with E-state index in [1.807, 2.05) is 20.8 Å². The number of benzene rings is 2. The number of nitrogens with two attached hydrogens (primary N) is 1. The number of nitrogens with one attached hydrogen (secondary N) is 1. The second kappa shape index (κ2) is 8.26. The predicted molar refractivity (Wildman–Crippen MR) is 112 cm³/mol. The topological polar surface area (TPSA) is 92.5 Å². The molecule has 1 saturated heterocycles. The smallest absolute Gasteiger partial charge is 0.251 e. The van der Waals surface area contributed by atoms with Crippen molar-refractivity contribution in [1.29, 1.82) is 0 Å². The van der Waals surface area contributed by atoms with E-state index in [0.717, 1.165) is 12.1 Å². The lowest BCUT2D eigenvalue weighted by molar-refractivity contribution is -0.133. The lowest BCUT2D eigenvalue weighted by Gasteiger charge is -2.38.